The molecule has 0 aliphatic rings. The van der Waals surface area contributed by atoms with Gasteiger partial charge < -0.3 is 0 Å². The molecular weight excluding hydrogens is 753 g/mol. The topological polar surface area (TPSA) is 0 Å². The van der Waals surface area contributed by atoms with E-state index < -0.39 is 0 Å². The lowest BCUT2D eigenvalue weighted by Crippen LogP contribution is -1.96. The minimum Gasteiger partial charge on any atom is -0.117 e. The van der Waals surface area contributed by atoms with Gasteiger partial charge in [-0.2, -0.15) is 0 Å². The van der Waals surface area contributed by atoms with Gasteiger partial charge in [-0.05, 0) is 157 Å². The first-order valence-electron chi connectivity index (χ1n) is 22.7. The van der Waals surface area contributed by atoms with Gasteiger partial charge in [0.15, 0.2) is 0 Å². The third-order valence-corrected chi connectivity index (χ3v) is 15.4. The first-order chi connectivity index (χ1) is 30.2. The summed E-state index contributed by atoms with van der Waals surface area (Å²) < 4.78 is 0. The number of rotatable bonds is 10. The zero-order valence-corrected chi connectivity index (χ0v) is 35.7. The third-order valence-electron chi connectivity index (χ3n) is 14.3. The van der Waals surface area contributed by atoms with Crippen molar-refractivity contribution in [1.29, 1.82) is 0 Å². The van der Waals surface area contributed by atoms with E-state index in [1.807, 2.05) is 11.3 Å². The van der Waals surface area contributed by atoms with Gasteiger partial charge in [0.1, 0.15) is 0 Å². The van der Waals surface area contributed by atoms with Crippen LogP contribution >= 0.6 is 11.3 Å². The van der Waals surface area contributed by atoms with Crippen molar-refractivity contribution in [3.05, 3.63) is 141 Å². The molecule has 13 rings (SSSR count). The lowest BCUT2D eigenvalue weighted by atomic mass is 9.94. The van der Waals surface area contributed by atoms with Crippen LogP contribution < -0.4 is 0 Å². The van der Waals surface area contributed by atoms with E-state index in [0.717, 1.165) is 24.0 Å². The summed E-state index contributed by atoms with van der Waals surface area (Å²) in [5.74, 6) is 15.4. The molecule has 0 fully saturated rings. The van der Waals surface area contributed by atoms with Crippen LogP contribution in [0.3, 0.4) is 0 Å². The van der Waals surface area contributed by atoms with Crippen molar-refractivity contribution >= 4 is 119 Å². The van der Waals surface area contributed by atoms with Crippen molar-refractivity contribution in [2.75, 3.05) is 0 Å². The Morgan fingerprint density at radius 2 is 0.639 bits per heavy atom. The molecule has 0 nitrogen and oxygen atoms in total. The summed E-state index contributed by atoms with van der Waals surface area (Å²) in [4.78, 5) is 2.42. The highest BCUT2D eigenvalue weighted by Gasteiger charge is 2.23. The number of hydrogen-bond donors (Lipinski definition) is 0. The highest BCUT2D eigenvalue weighted by Crippen LogP contribution is 2.50. The van der Waals surface area contributed by atoms with E-state index in [9.17, 15) is 0 Å². The molecular formula is C60H44S. The van der Waals surface area contributed by atoms with Crippen molar-refractivity contribution in [2.24, 2.45) is 0 Å². The second-order valence-electron chi connectivity index (χ2n) is 17.8. The van der Waals surface area contributed by atoms with Crippen molar-refractivity contribution < 1.29 is 0 Å². The fourth-order valence-electron chi connectivity index (χ4n) is 11.5. The van der Waals surface area contributed by atoms with E-state index in [2.05, 4.69) is 147 Å². The van der Waals surface area contributed by atoms with Crippen LogP contribution in [0.1, 0.15) is 97.2 Å². The summed E-state index contributed by atoms with van der Waals surface area (Å²) in [6.07, 6.45) is 12.0. The van der Waals surface area contributed by atoms with E-state index in [1.54, 1.807) is 0 Å². The van der Waals surface area contributed by atoms with Gasteiger partial charge in [0.25, 0.3) is 0 Å². The Balaban J connectivity index is 0.992. The van der Waals surface area contributed by atoms with Gasteiger partial charge >= 0.3 is 0 Å². The smallest absolute Gasteiger partial charge is 0.0820 e. The van der Waals surface area contributed by atoms with Crippen LogP contribution in [0.15, 0.2) is 109 Å². The summed E-state index contributed by atoms with van der Waals surface area (Å²) >= 11 is 1.85. The van der Waals surface area contributed by atoms with E-state index in [1.165, 1.54) is 180 Å². The molecule has 0 N–H and O–H groups in total. The lowest BCUT2D eigenvalue weighted by molar-refractivity contribution is 0.651. The van der Waals surface area contributed by atoms with Gasteiger partial charge in [-0.25, -0.2) is 0 Å². The fraction of sp³-hybridized carbons (Fsp3) is 0.200. The summed E-state index contributed by atoms with van der Waals surface area (Å²) in [6.45, 7) is 4.61. The molecule has 0 spiro atoms. The molecule has 0 radical (unpaired) electrons. The fourth-order valence-corrected chi connectivity index (χ4v) is 12.6. The van der Waals surface area contributed by atoms with Crippen LogP contribution in [-0.2, 0) is 12.8 Å². The second-order valence-corrected chi connectivity index (χ2v) is 18.9. The third kappa shape index (κ3) is 5.09. The average molecular weight is 797 g/mol. The molecule has 1 heterocycles. The minimum atomic E-state index is 1.06. The van der Waals surface area contributed by atoms with Gasteiger partial charge in [0.2, 0.25) is 0 Å². The van der Waals surface area contributed by atoms with Crippen molar-refractivity contribution in [2.45, 2.75) is 78.1 Å². The molecule has 0 aliphatic heterocycles. The zero-order chi connectivity index (χ0) is 40.3. The standard InChI is InChI=1S/C60H44S/c1-3-5-7-9-11-47-48(12-10-8-6-4-2)50(32-28-42-34-44-24-22-38-16-14-36-18-20-40-26-30-46(42)60-56(40)52(36)54(38)58(44)60)61-49(47)31-27-41-33-43-23-21-37-15-13-35-17-19-39-25-29-45(41)59-55(39)51(35)53(37)57(43)59/h13-26,29-30,33-34H,3-12H2,1-2H3. The monoisotopic (exact) mass is 796 g/mol. The van der Waals surface area contributed by atoms with Gasteiger partial charge in [0.05, 0.1) is 9.75 Å². The van der Waals surface area contributed by atoms with E-state index in [4.69, 9.17) is 0 Å². The maximum atomic E-state index is 3.86. The predicted octanol–water partition coefficient (Wildman–Crippen LogP) is 17.0. The van der Waals surface area contributed by atoms with Crippen LogP contribution in [0, 0.1) is 23.7 Å². The minimum absolute atomic E-state index is 1.06. The quantitative estimate of drug-likeness (QED) is 0.0735. The molecule has 1 aromatic heterocycles. The van der Waals surface area contributed by atoms with Gasteiger partial charge in [-0.3, -0.25) is 0 Å². The second kappa shape index (κ2) is 13.6. The molecule has 0 unspecified atom stereocenters. The lowest BCUT2D eigenvalue weighted by Gasteiger charge is -2.08. The summed E-state index contributed by atoms with van der Waals surface area (Å²) in [7, 11) is 0. The summed E-state index contributed by atoms with van der Waals surface area (Å²) in [5.41, 5.74) is 5.16. The molecule has 0 bridgehead atoms. The van der Waals surface area contributed by atoms with Gasteiger partial charge in [0, 0.05) is 11.1 Å². The summed E-state index contributed by atoms with van der Waals surface area (Å²) in [5, 5.41) is 27.1. The maximum absolute atomic E-state index is 3.86. The van der Waals surface area contributed by atoms with E-state index >= 15 is 0 Å². The Labute approximate surface area is 360 Å². The van der Waals surface area contributed by atoms with E-state index in [-0.39, 0.29) is 0 Å². The van der Waals surface area contributed by atoms with Crippen LogP contribution in [0.2, 0.25) is 0 Å². The van der Waals surface area contributed by atoms with Crippen LogP contribution in [0.5, 0.6) is 0 Å². The average Bonchev–Trinajstić information content (AvgIpc) is 3.97. The molecule has 290 valence electrons. The van der Waals surface area contributed by atoms with E-state index in [0.29, 0.717) is 0 Å². The molecule has 0 aliphatic carbocycles. The first kappa shape index (κ1) is 35.4. The Hall–Kier alpha value is -6.38. The number of hydrogen-bond acceptors (Lipinski definition) is 1. The van der Waals surface area contributed by atoms with Crippen LogP contribution in [0.4, 0.5) is 0 Å². The van der Waals surface area contributed by atoms with Crippen molar-refractivity contribution in [3.8, 4) is 23.7 Å². The maximum Gasteiger partial charge on any atom is 0.0820 e. The Kier molecular flexibility index (Phi) is 7.87. The molecule has 0 saturated carbocycles. The summed E-state index contributed by atoms with van der Waals surface area (Å²) in [6, 6.07) is 41.6. The molecule has 0 amide bonds. The van der Waals surface area contributed by atoms with Crippen LogP contribution in [0.25, 0.3) is 108 Å². The number of benzene rings is 10. The number of unbranched alkanes of at least 4 members (excludes halogenated alkanes) is 6. The molecule has 61 heavy (non-hydrogen) atoms. The predicted molar refractivity (Wildman–Crippen MR) is 267 cm³/mol. The molecule has 1 heteroatoms. The van der Waals surface area contributed by atoms with Crippen molar-refractivity contribution in [3.63, 3.8) is 0 Å². The first-order valence-corrected chi connectivity index (χ1v) is 23.5. The van der Waals surface area contributed by atoms with Gasteiger partial charge in [-0.1, -0.05) is 173 Å². The molecule has 13 aromatic rings. The largest absolute Gasteiger partial charge is 0.117 e. The van der Waals surface area contributed by atoms with Crippen molar-refractivity contribution in [1.82, 2.24) is 0 Å². The van der Waals surface area contributed by atoms with Gasteiger partial charge in [-0.15, -0.1) is 11.3 Å². The normalized spacial score (nSPS) is 12.5. The highest BCUT2D eigenvalue weighted by molar-refractivity contribution is 7.13. The Morgan fingerprint density at radius 1 is 0.328 bits per heavy atom. The molecule has 0 atom stereocenters. The Bertz CT molecular complexity index is 3570. The zero-order valence-electron chi connectivity index (χ0n) is 34.9. The molecule has 12 aromatic carbocycles. The highest BCUT2D eigenvalue weighted by atomic mass is 32.1. The molecule has 0 saturated heterocycles. The number of thiophene rings is 1. The SMILES string of the molecule is CCCCCCc1c(C#Cc2cc3ccc4ccc5ccc6ccc2c2c6c5c4c32)sc(C#Cc2cc3ccc4ccc5ccc6ccc2c2c6c5c4c32)c1CCCCCC. The van der Waals surface area contributed by atoms with Crippen LogP contribution in [-0.4, -0.2) is 0 Å². The Morgan fingerprint density at radius 3 is 1.00 bits per heavy atom.